The van der Waals surface area contributed by atoms with Crippen molar-refractivity contribution >= 4 is 23.8 Å². The van der Waals surface area contributed by atoms with E-state index < -0.39 is 30.1 Å². The summed E-state index contributed by atoms with van der Waals surface area (Å²) >= 11 is 0. The molecule has 2 rings (SSSR count). The lowest BCUT2D eigenvalue weighted by atomic mass is 9.98. The van der Waals surface area contributed by atoms with Crippen LogP contribution in [0.4, 0.5) is 0 Å². The molecule has 9 heteroatoms. The number of carbonyl (C=O) groups is 4. The van der Waals surface area contributed by atoms with Gasteiger partial charge in [-0.05, 0) is 31.6 Å². The molecule has 2 heterocycles. The highest BCUT2D eigenvalue weighted by Gasteiger charge is 2.43. The SMILES string of the molecule is CC(=O)O.CCC(C)C(N)C(=O)N1CCCC1C(=O)N1CCCC1C(=O)O. The van der Waals surface area contributed by atoms with Crippen LogP contribution in [-0.2, 0) is 19.2 Å². The molecule has 0 saturated carbocycles. The second kappa shape index (κ2) is 10.2. The van der Waals surface area contributed by atoms with Crippen molar-refractivity contribution < 1.29 is 29.4 Å². The van der Waals surface area contributed by atoms with Gasteiger partial charge in [-0.15, -0.1) is 0 Å². The zero-order valence-corrected chi connectivity index (χ0v) is 16.3. The molecule has 0 radical (unpaired) electrons. The molecule has 2 saturated heterocycles. The minimum Gasteiger partial charge on any atom is -0.481 e. The van der Waals surface area contributed by atoms with Crippen molar-refractivity contribution in [2.75, 3.05) is 13.1 Å². The van der Waals surface area contributed by atoms with Crippen molar-refractivity contribution in [3.63, 3.8) is 0 Å². The number of aliphatic carboxylic acids is 2. The zero-order valence-electron chi connectivity index (χ0n) is 16.3. The largest absolute Gasteiger partial charge is 0.481 e. The molecule has 154 valence electrons. The van der Waals surface area contributed by atoms with E-state index in [9.17, 15) is 19.5 Å². The molecule has 4 N–H and O–H groups in total. The molecule has 2 fully saturated rings. The first kappa shape index (κ1) is 22.9. The maximum Gasteiger partial charge on any atom is 0.326 e. The molecule has 0 aromatic rings. The molecule has 2 aliphatic heterocycles. The van der Waals surface area contributed by atoms with Gasteiger partial charge >= 0.3 is 5.97 Å². The minimum absolute atomic E-state index is 0.0532. The summed E-state index contributed by atoms with van der Waals surface area (Å²) in [5, 5.41) is 16.7. The average molecular weight is 385 g/mol. The van der Waals surface area contributed by atoms with E-state index in [1.165, 1.54) is 4.90 Å². The van der Waals surface area contributed by atoms with Gasteiger partial charge in [-0.1, -0.05) is 20.3 Å². The highest BCUT2D eigenvalue weighted by atomic mass is 16.4. The monoisotopic (exact) mass is 385 g/mol. The Labute approximate surface area is 159 Å². The fourth-order valence-electron chi connectivity index (χ4n) is 3.45. The molecular formula is C18H31N3O6. The Morgan fingerprint density at radius 3 is 2.00 bits per heavy atom. The van der Waals surface area contributed by atoms with E-state index >= 15 is 0 Å². The normalized spacial score (nSPS) is 24.0. The number of carboxylic acid groups (broad SMARTS) is 2. The molecule has 2 amide bonds. The Morgan fingerprint density at radius 1 is 1.04 bits per heavy atom. The summed E-state index contributed by atoms with van der Waals surface area (Å²) in [7, 11) is 0. The van der Waals surface area contributed by atoms with Crippen molar-refractivity contribution in [3.05, 3.63) is 0 Å². The molecule has 0 aromatic heterocycles. The summed E-state index contributed by atoms with van der Waals surface area (Å²) < 4.78 is 0. The number of nitrogens with zero attached hydrogens (tertiary/aromatic N) is 2. The van der Waals surface area contributed by atoms with Gasteiger partial charge in [-0.25, -0.2) is 4.79 Å². The maximum absolute atomic E-state index is 12.8. The summed E-state index contributed by atoms with van der Waals surface area (Å²) in [6.45, 7) is 5.96. The Morgan fingerprint density at radius 2 is 1.52 bits per heavy atom. The van der Waals surface area contributed by atoms with E-state index in [1.54, 1.807) is 4.90 Å². The molecule has 4 atom stereocenters. The van der Waals surface area contributed by atoms with Crippen LogP contribution in [0.2, 0.25) is 0 Å². The van der Waals surface area contributed by atoms with E-state index in [2.05, 4.69) is 0 Å². The van der Waals surface area contributed by atoms with Gasteiger partial charge in [0.1, 0.15) is 12.1 Å². The molecular weight excluding hydrogens is 354 g/mol. The lowest BCUT2D eigenvalue weighted by Crippen LogP contribution is -2.55. The van der Waals surface area contributed by atoms with Crippen LogP contribution in [0.3, 0.4) is 0 Å². The molecule has 4 unspecified atom stereocenters. The highest BCUT2D eigenvalue weighted by molar-refractivity contribution is 5.92. The third-order valence-corrected chi connectivity index (χ3v) is 5.18. The first-order valence-corrected chi connectivity index (χ1v) is 9.40. The standard InChI is InChI=1S/C16H27N3O4.C2H4O2/c1-3-10(2)13(17)15(21)18-8-4-6-11(18)14(20)19-9-5-7-12(19)16(22)23;1-2(3)4/h10-13H,3-9,17H2,1-2H3,(H,22,23);1H3,(H,3,4). The molecule has 0 aromatic carbocycles. The summed E-state index contributed by atoms with van der Waals surface area (Å²) in [4.78, 5) is 48.7. The quantitative estimate of drug-likeness (QED) is 0.626. The predicted octanol–water partition coefficient (Wildman–Crippen LogP) is 0.517. The fourth-order valence-corrected chi connectivity index (χ4v) is 3.45. The molecule has 0 spiro atoms. The summed E-state index contributed by atoms with van der Waals surface area (Å²) in [6, 6.07) is -1.93. The van der Waals surface area contributed by atoms with Crippen LogP contribution in [0.5, 0.6) is 0 Å². The van der Waals surface area contributed by atoms with Gasteiger partial charge in [0, 0.05) is 20.0 Å². The van der Waals surface area contributed by atoms with Crippen LogP contribution in [0, 0.1) is 5.92 Å². The Hall–Kier alpha value is -2.16. The van der Waals surface area contributed by atoms with Crippen molar-refractivity contribution in [2.45, 2.75) is 71.0 Å². The molecule has 2 aliphatic rings. The van der Waals surface area contributed by atoms with Gasteiger partial charge in [-0.3, -0.25) is 14.4 Å². The van der Waals surface area contributed by atoms with Gasteiger partial charge < -0.3 is 25.7 Å². The summed E-state index contributed by atoms with van der Waals surface area (Å²) in [6.07, 6.45) is 3.30. The van der Waals surface area contributed by atoms with Gasteiger partial charge in [0.25, 0.3) is 5.97 Å². The maximum atomic E-state index is 12.8. The van der Waals surface area contributed by atoms with Crippen molar-refractivity contribution in [3.8, 4) is 0 Å². The Bertz CT molecular complexity index is 563. The summed E-state index contributed by atoms with van der Waals surface area (Å²) in [5.41, 5.74) is 6.03. The van der Waals surface area contributed by atoms with Gasteiger partial charge in [0.05, 0.1) is 6.04 Å². The number of hydrogen-bond donors (Lipinski definition) is 3. The van der Waals surface area contributed by atoms with Crippen LogP contribution < -0.4 is 5.73 Å². The van der Waals surface area contributed by atoms with Gasteiger partial charge in [0.15, 0.2) is 0 Å². The van der Waals surface area contributed by atoms with Crippen molar-refractivity contribution in [2.24, 2.45) is 11.7 Å². The minimum atomic E-state index is -0.969. The van der Waals surface area contributed by atoms with Crippen LogP contribution >= 0.6 is 0 Å². The molecule has 0 aliphatic carbocycles. The number of carbonyl (C=O) groups excluding carboxylic acids is 2. The molecule has 9 nitrogen and oxygen atoms in total. The third-order valence-electron chi connectivity index (χ3n) is 5.18. The number of nitrogens with two attached hydrogens (primary N) is 1. The molecule has 0 bridgehead atoms. The Kier molecular flexibility index (Phi) is 8.68. The summed E-state index contributed by atoms with van der Waals surface area (Å²) in [5.74, 6) is -2.18. The highest BCUT2D eigenvalue weighted by Crippen LogP contribution is 2.26. The topological polar surface area (TPSA) is 141 Å². The van der Waals surface area contributed by atoms with E-state index in [1.807, 2.05) is 13.8 Å². The van der Waals surface area contributed by atoms with Crippen LogP contribution in [0.1, 0.15) is 52.9 Å². The number of likely N-dealkylation sites (tertiary alicyclic amines) is 2. The zero-order chi connectivity index (χ0) is 20.7. The number of carboxylic acids is 2. The average Bonchev–Trinajstić information content (AvgIpc) is 3.27. The third kappa shape index (κ3) is 5.92. The fraction of sp³-hybridized carbons (Fsp3) is 0.778. The second-order valence-corrected chi connectivity index (χ2v) is 7.15. The smallest absolute Gasteiger partial charge is 0.326 e. The predicted molar refractivity (Wildman–Crippen MR) is 97.8 cm³/mol. The number of hydrogen-bond acceptors (Lipinski definition) is 5. The van der Waals surface area contributed by atoms with E-state index in [0.717, 1.165) is 19.8 Å². The van der Waals surface area contributed by atoms with E-state index in [4.69, 9.17) is 15.6 Å². The second-order valence-electron chi connectivity index (χ2n) is 7.15. The number of amides is 2. The Balaban J connectivity index is 0.000000828. The van der Waals surface area contributed by atoms with Crippen LogP contribution in [0.15, 0.2) is 0 Å². The number of rotatable bonds is 5. The van der Waals surface area contributed by atoms with E-state index in [-0.39, 0.29) is 17.7 Å². The van der Waals surface area contributed by atoms with Gasteiger partial charge in [0.2, 0.25) is 11.8 Å². The van der Waals surface area contributed by atoms with Crippen molar-refractivity contribution in [1.29, 1.82) is 0 Å². The lowest BCUT2D eigenvalue weighted by Gasteiger charge is -2.32. The first-order valence-electron chi connectivity index (χ1n) is 9.40. The van der Waals surface area contributed by atoms with Crippen LogP contribution in [-0.4, -0.2) is 75.0 Å². The lowest BCUT2D eigenvalue weighted by molar-refractivity contribution is -0.152. The molecule has 27 heavy (non-hydrogen) atoms. The van der Waals surface area contributed by atoms with E-state index in [0.29, 0.717) is 32.4 Å². The van der Waals surface area contributed by atoms with Crippen LogP contribution in [0.25, 0.3) is 0 Å². The van der Waals surface area contributed by atoms with Gasteiger partial charge in [-0.2, -0.15) is 0 Å². The van der Waals surface area contributed by atoms with Crippen molar-refractivity contribution in [1.82, 2.24) is 9.80 Å². The first-order chi connectivity index (χ1) is 12.6.